The van der Waals surface area contributed by atoms with Gasteiger partial charge in [-0.2, -0.15) is 0 Å². The lowest BCUT2D eigenvalue weighted by atomic mass is 9.98. The molecule has 37 heavy (non-hydrogen) atoms. The second kappa shape index (κ2) is 8.50. The maximum absolute atomic E-state index is 14.0. The van der Waals surface area contributed by atoms with Gasteiger partial charge in [-0.1, -0.05) is 72.8 Å². The van der Waals surface area contributed by atoms with E-state index in [1.54, 1.807) is 10.8 Å². The molecule has 0 aliphatic heterocycles. The van der Waals surface area contributed by atoms with Gasteiger partial charge in [0.15, 0.2) is 5.58 Å². The Morgan fingerprint density at radius 1 is 0.703 bits per heavy atom. The molecule has 0 aliphatic carbocycles. The van der Waals surface area contributed by atoms with Gasteiger partial charge in [0.05, 0.1) is 6.26 Å². The van der Waals surface area contributed by atoms with Crippen LogP contribution in [0.2, 0.25) is 0 Å². The highest BCUT2D eigenvalue weighted by atomic mass is 16.3. The minimum Gasteiger partial charge on any atom is -0.463 e. The molecule has 0 saturated heterocycles. The number of oxazole rings is 1. The monoisotopic (exact) mass is 480 g/mol. The minimum absolute atomic E-state index is 0.144. The van der Waals surface area contributed by atoms with E-state index in [9.17, 15) is 4.79 Å². The lowest BCUT2D eigenvalue weighted by Crippen LogP contribution is -2.20. The molecule has 4 aromatic carbocycles. The van der Waals surface area contributed by atoms with Crippen LogP contribution in [0.5, 0.6) is 0 Å². The zero-order valence-corrected chi connectivity index (χ0v) is 19.7. The highest BCUT2D eigenvalue weighted by Crippen LogP contribution is 2.36. The van der Waals surface area contributed by atoms with Crippen LogP contribution in [0.25, 0.3) is 61.5 Å². The Morgan fingerprint density at radius 2 is 1.43 bits per heavy atom. The number of aromatic nitrogens is 2. The smallest absolute Gasteiger partial charge is 0.263 e. The fourth-order valence-electron chi connectivity index (χ4n) is 4.79. The van der Waals surface area contributed by atoms with Crippen LogP contribution < -0.4 is 5.56 Å². The average Bonchev–Trinajstić information content (AvgIpc) is 3.58. The van der Waals surface area contributed by atoms with E-state index in [1.165, 1.54) is 0 Å². The van der Waals surface area contributed by atoms with E-state index in [4.69, 9.17) is 13.8 Å². The van der Waals surface area contributed by atoms with Crippen LogP contribution in [0.1, 0.15) is 0 Å². The van der Waals surface area contributed by atoms with E-state index in [2.05, 4.69) is 0 Å². The Hall–Kier alpha value is -5.16. The predicted octanol–water partition coefficient (Wildman–Crippen LogP) is 7.73. The summed E-state index contributed by atoms with van der Waals surface area (Å²) in [5, 5.41) is 1.99. The number of para-hydroxylation sites is 3. The highest BCUT2D eigenvalue weighted by Gasteiger charge is 2.19. The first-order valence-electron chi connectivity index (χ1n) is 12.0. The van der Waals surface area contributed by atoms with Crippen molar-refractivity contribution in [3.05, 3.63) is 132 Å². The molecule has 0 saturated carbocycles. The van der Waals surface area contributed by atoms with E-state index in [0.717, 1.165) is 38.7 Å². The van der Waals surface area contributed by atoms with Gasteiger partial charge in [0.2, 0.25) is 5.89 Å². The van der Waals surface area contributed by atoms with E-state index in [1.807, 2.05) is 115 Å². The third kappa shape index (κ3) is 3.56. The number of hydrogen-bond donors (Lipinski definition) is 0. The quantitative estimate of drug-likeness (QED) is 0.259. The summed E-state index contributed by atoms with van der Waals surface area (Å²) in [6.45, 7) is 0. The van der Waals surface area contributed by atoms with Gasteiger partial charge >= 0.3 is 0 Å². The van der Waals surface area contributed by atoms with Crippen LogP contribution in [0.4, 0.5) is 0 Å². The van der Waals surface area contributed by atoms with Gasteiger partial charge in [0.1, 0.15) is 11.3 Å². The molecule has 0 bridgehead atoms. The molecule has 0 aliphatic rings. The summed E-state index contributed by atoms with van der Waals surface area (Å²) >= 11 is 0. The summed E-state index contributed by atoms with van der Waals surface area (Å²) in [5.41, 5.74) is 4.90. The van der Waals surface area contributed by atoms with Gasteiger partial charge in [0.25, 0.3) is 5.56 Å². The van der Waals surface area contributed by atoms with Crippen LogP contribution in [0.3, 0.4) is 0 Å². The van der Waals surface area contributed by atoms with Crippen molar-refractivity contribution in [3.63, 3.8) is 0 Å². The molecule has 5 heteroatoms. The SMILES string of the molecule is O=c1c(-c2ccccc2-c2nc3ccccc3o2)cc(-c2occ3ccccc23)cn1-c1ccccc1. The lowest BCUT2D eigenvalue weighted by Gasteiger charge is -2.13. The first kappa shape index (κ1) is 21.1. The van der Waals surface area contributed by atoms with Crippen LogP contribution in [-0.2, 0) is 0 Å². The number of hydrogen-bond acceptors (Lipinski definition) is 4. The van der Waals surface area contributed by atoms with Gasteiger partial charge in [-0.25, -0.2) is 4.98 Å². The molecule has 0 amide bonds. The third-order valence-electron chi connectivity index (χ3n) is 6.56. The van der Waals surface area contributed by atoms with Crippen LogP contribution in [0.15, 0.2) is 135 Å². The number of furan rings is 1. The molecular weight excluding hydrogens is 460 g/mol. The van der Waals surface area contributed by atoms with Crippen molar-refractivity contribution in [2.45, 2.75) is 0 Å². The normalized spacial score (nSPS) is 11.4. The molecule has 0 N–H and O–H groups in total. The Labute approximate surface area is 211 Å². The van der Waals surface area contributed by atoms with Crippen LogP contribution >= 0.6 is 0 Å². The van der Waals surface area contributed by atoms with Gasteiger partial charge in [-0.05, 0) is 42.0 Å². The van der Waals surface area contributed by atoms with Crippen molar-refractivity contribution < 1.29 is 8.83 Å². The molecule has 0 radical (unpaired) electrons. The van der Waals surface area contributed by atoms with Crippen molar-refractivity contribution in [2.75, 3.05) is 0 Å². The molecule has 176 valence electrons. The first-order valence-corrected chi connectivity index (χ1v) is 12.0. The zero-order valence-electron chi connectivity index (χ0n) is 19.7. The van der Waals surface area contributed by atoms with Crippen LogP contribution in [0, 0.1) is 0 Å². The zero-order chi connectivity index (χ0) is 24.8. The van der Waals surface area contributed by atoms with E-state index in [-0.39, 0.29) is 5.56 Å². The van der Waals surface area contributed by atoms with Gasteiger partial charge in [-0.3, -0.25) is 9.36 Å². The maximum atomic E-state index is 14.0. The van der Waals surface area contributed by atoms with E-state index < -0.39 is 0 Å². The lowest BCUT2D eigenvalue weighted by molar-refractivity contribution is 0.586. The molecule has 7 aromatic rings. The summed E-state index contributed by atoms with van der Waals surface area (Å²) < 4.78 is 13.8. The van der Waals surface area contributed by atoms with Gasteiger partial charge in [0, 0.05) is 39.3 Å². The number of benzene rings is 4. The Bertz CT molecular complexity index is 1930. The third-order valence-corrected chi connectivity index (χ3v) is 6.56. The fourth-order valence-corrected chi connectivity index (χ4v) is 4.79. The maximum Gasteiger partial charge on any atom is 0.263 e. The van der Waals surface area contributed by atoms with Crippen molar-refractivity contribution >= 4 is 21.9 Å². The molecule has 5 nitrogen and oxygen atoms in total. The van der Waals surface area contributed by atoms with E-state index >= 15 is 0 Å². The highest BCUT2D eigenvalue weighted by molar-refractivity contribution is 5.95. The number of fused-ring (bicyclic) bond motifs is 2. The summed E-state index contributed by atoms with van der Waals surface area (Å²) in [5.74, 6) is 1.18. The summed E-state index contributed by atoms with van der Waals surface area (Å²) in [6.07, 6.45) is 3.59. The summed E-state index contributed by atoms with van der Waals surface area (Å²) in [7, 11) is 0. The second-order valence-corrected chi connectivity index (χ2v) is 8.84. The minimum atomic E-state index is -0.144. The number of pyridine rings is 1. The van der Waals surface area contributed by atoms with Crippen molar-refractivity contribution in [1.29, 1.82) is 0 Å². The largest absolute Gasteiger partial charge is 0.463 e. The van der Waals surface area contributed by atoms with Crippen molar-refractivity contribution in [2.24, 2.45) is 0 Å². The molecule has 3 aromatic heterocycles. The Kier molecular flexibility index (Phi) is 4.86. The Balaban J connectivity index is 1.51. The number of rotatable bonds is 4. The molecule has 0 unspecified atom stereocenters. The van der Waals surface area contributed by atoms with E-state index in [0.29, 0.717) is 22.8 Å². The van der Waals surface area contributed by atoms with Crippen LogP contribution in [-0.4, -0.2) is 9.55 Å². The molecule has 0 fully saturated rings. The molecule has 7 rings (SSSR count). The fraction of sp³-hybridized carbons (Fsp3) is 0. The topological polar surface area (TPSA) is 61.2 Å². The predicted molar refractivity (Wildman–Crippen MR) is 146 cm³/mol. The van der Waals surface area contributed by atoms with Crippen molar-refractivity contribution in [1.82, 2.24) is 9.55 Å². The molecule has 3 heterocycles. The average molecular weight is 481 g/mol. The molecule has 0 atom stereocenters. The summed E-state index contributed by atoms with van der Waals surface area (Å²) in [4.78, 5) is 18.7. The Morgan fingerprint density at radius 3 is 2.30 bits per heavy atom. The summed E-state index contributed by atoms with van der Waals surface area (Å²) in [6, 6.07) is 34.9. The number of nitrogens with zero attached hydrogens (tertiary/aromatic N) is 2. The van der Waals surface area contributed by atoms with Gasteiger partial charge in [-0.15, -0.1) is 0 Å². The standard InChI is InChI=1S/C32H20N2O3/c35-32-27(25-14-6-7-15-26(25)31-33-28-16-8-9-17-29(28)37-31)18-22(19-34(32)23-11-2-1-3-12-23)30-24-13-5-4-10-21(24)20-36-30/h1-20H. The van der Waals surface area contributed by atoms with Gasteiger partial charge < -0.3 is 8.83 Å². The molecular formula is C32H20N2O3. The first-order chi connectivity index (χ1) is 18.3. The molecule has 0 spiro atoms. The second-order valence-electron chi connectivity index (χ2n) is 8.84. The van der Waals surface area contributed by atoms with Crippen molar-refractivity contribution in [3.8, 4) is 39.6 Å².